The molecule has 25 heavy (non-hydrogen) atoms. The summed E-state index contributed by atoms with van der Waals surface area (Å²) < 4.78 is 0.143. The van der Waals surface area contributed by atoms with E-state index in [9.17, 15) is 19.3 Å². The van der Waals surface area contributed by atoms with E-state index in [0.717, 1.165) is 0 Å². The van der Waals surface area contributed by atoms with Crippen molar-refractivity contribution in [2.75, 3.05) is 5.84 Å². The van der Waals surface area contributed by atoms with Crippen molar-refractivity contribution in [3.8, 4) is 0 Å². The van der Waals surface area contributed by atoms with Gasteiger partial charge in [0.05, 0.1) is 20.8 Å². The second-order valence-electron chi connectivity index (χ2n) is 5.73. The zero-order valence-corrected chi connectivity index (χ0v) is 12.4. The SMILES string of the molecule is Nn1c(=O)c(=O)c2c3c[nH]c(=O)c3c3c4ccccc4nc3c2[n+]1=O. The van der Waals surface area contributed by atoms with Crippen molar-refractivity contribution in [3.05, 3.63) is 66.3 Å². The number of benzene rings is 2. The highest BCUT2D eigenvalue weighted by Crippen LogP contribution is 2.34. The number of para-hydroxylation sites is 1. The van der Waals surface area contributed by atoms with Crippen molar-refractivity contribution in [1.29, 1.82) is 0 Å². The highest BCUT2D eigenvalue weighted by atomic mass is 16.3. The molecule has 2 aromatic carbocycles. The Hall–Kier alpha value is -3.88. The predicted molar refractivity (Wildman–Crippen MR) is 91.3 cm³/mol. The van der Waals surface area contributed by atoms with Crippen LogP contribution < -0.4 is 26.9 Å². The Balaban J connectivity index is 2.38. The van der Waals surface area contributed by atoms with Crippen LogP contribution >= 0.6 is 0 Å². The summed E-state index contributed by atoms with van der Waals surface area (Å²) in [5.41, 5.74) is -1.96. The molecule has 0 saturated heterocycles. The average molecular weight is 334 g/mol. The van der Waals surface area contributed by atoms with Crippen molar-refractivity contribution in [3.63, 3.8) is 0 Å². The van der Waals surface area contributed by atoms with Gasteiger partial charge in [0.1, 0.15) is 5.52 Å². The molecule has 0 aliphatic heterocycles. The van der Waals surface area contributed by atoms with Gasteiger partial charge in [-0.05, 0) is 11.0 Å². The van der Waals surface area contributed by atoms with Crippen molar-refractivity contribution in [1.82, 2.24) is 14.8 Å². The van der Waals surface area contributed by atoms with Gasteiger partial charge in [-0.25, -0.2) is 10.8 Å². The Morgan fingerprint density at radius 2 is 1.80 bits per heavy atom. The number of H-pyrrole nitrogens is 1. The van der Waals surface area contributed by atoms with Crippen LogP contribution in [0, 0.1) is 4.91 Å². The summed E-state index contributed by atoms with van der Waals surface area (Å²) in [5.74, 6) is 5.44. The molecule has 3 heterocycles. The summed E-state index contributed by atoms with van der Waals surface area (Å²) in [7, 11) is 0. The summed E-state index contributed by atoms with van der Waals surface area (Å²) in [6.45, 7) is 0. The van der Waals surface area contributed by atoms with Gasteiger partial charge < -0.3 is 4.98 Å². The molecule has 3 aromatic heterocycles. The summed E-state index contributed by atoms with van der Waals surface area (Å²) in [4.78, 5) is 56.4. The Bertz CT molecular complexity index is 1590. The number of nitrogens with one attached hydrogen (secondary N) is 1. The van der Waals surface area contributed by atoms with Gasteiger partial charge in [-0.1, -0.05) is 18.2 Å². The van der Waals surface area contributed by atoms with E-state index in [1.54, 1.807) is 24.3 Å². The van der Waals surface area contributed by atoms with Crippen LogP contribution in [0.15, 0.2) is 44.8 Å². The van der Waals surface area contributed by atoms with E-state index in [4.69, 9.17) is 5.84 Å². The van der Waals surface area contributed by atoms with Gasteiger partial charge in [-0.15, -0.1) is 0 Å². The lowest BCUT2D eigenvalue weighted by Crippen LogP contribution is -2.52. The smallest absolute Gasteiger partial charge is 0.328 e. The molecule has 0 spiro atoms. The van der Waals surface area contributed by atoms with Gasteiger partial charge in [0.15, 0.2) is 0 Å². The van der Waals surface area contributed by atoms with E-state index in [1.165, 1.54) is 6.20 Å². The molecule has 5 rings (SSSR count). The lowest BCUT2D eigenvalue weighted by molar-refractivity contribution is -0.565. The number of aromatic amines is 1. The van der Waals surface area contributed by atoms with Crippen LogP contribution in [0.3, 0.4) is 0 Å². The Labute approximate surface area is 135 Å². The molecule has 0 unspecified atom stereocenters. The number of nitrogens with zero attached hydrogens (tertiary/aromatic N) is 3. The zero-order chi connectivity index (χ0) is 17.5. The third kappa shape index (κ3) is 1.42. The normalized spacial score (nSPS) is 12.0. The maximum Gasteiger partial charge on any atom is 0.376 e. The molecule has 9 nitrogen and oxygen atoms in total. The summed E-state index contributed by atoms with van der Waals surface area (Å²) in [6.07, 6.45) is 1.32. The quantitative estimate of drug-likeness (QED) is 0.221. The van der Waals surface area contributed by atoms with Gasteiger partial charge in [-0.2, -0.15) is 0 Å². The number of hydrogen-bond acceptors (Lipinski definition) is 6. The van der Waals surface area contributed by atoms with Crippen LogP contribution in [-0.4, -0.2) is 14.8 Å². The average Bonchev–Trinajstić information content (AvgIpc) is 3.17. The fourth-order valence-electron chi connectivity index (χ4n) is 3.42. The first-order valence-electron chi connectivity index (χ1n) is 7.30. The third-order valence-electron chi connectivity index (χ3n) is 4.48. The number of aromatic nitrogens is 4. The van der Waals surface area contributed by atoms with E-state index in [1.807, 2.05) is 0 Å². The van der Waals surface area contributed by atoms with Crippen LogP contribution in [0.25, 0.3) is 43.5 Å². The molecule has 3 N–H and O–H groups in total. The lowest BCUT2D eigenvalue weighted by Gasteiger charge is -1.98. The van der Waals surface area contributed by atoms with Crippen LogP contribution in [-0.2, 0) is 0 Å². The van der Waals surface area contributed by atoms with Gasteiger partial charge in [-0.3, -0.25) is 14.4 Å². The minimum Gasteiger partial charge on any atom is -0.328 e. The maximum atomic E-state index is 12.5. The fraction of sp³-hybridized carbons (Fsp3) is 0. The van der Waals surface area contributed by atoms with Gasteiger partial charge in [0, 0.05) is 27.1 Å². The second-order valence-corrected chi connectivity index (χ2v) is 5.73. The van der Waals surface area contributed by atoms with Crippen molar-refractivity contribution in [2.24, 2.45) is 0 Å². The van der Waals surface area contributed by atoms with Crippen LogP contribution in [0.1, 0.15) is 0 Å². The second kappa shape index (κ2) is 4.15. The van der Waals surface area contributed by atoms with E-state index in [-0.39, 0.29) is 36.5 Å². The standard InChI is InChI=1S/C16H7N5O4/c17-20-16(24)14(22)11-7-5-18-15(23)10(7)9-6-3-1-2-4-8(6)19-12(9)13(11)21(20)25/h1-5H,17H2/p+1. The predicted octanol–water partition coefficient (Wildman–Crippen LogP) is -0.592. The minimum absolute atomic E-state index is 0.134. The highest BCUT2D eigenvalue weighted by molar-refractivity contribution is 6.29. The number of nitrogens with two attached hydrogens (primary N) is 1. The minimum atomic E-state index is -1.17. The molecular formula is C16H8N5O4+. The largest absolute Gasteiger partial charge is 0.376 e. The van der Waals surface area contributed by atoms with Gasteiger partial charge >= 0.3 is 5.56 Å². The molecule has 5 aromatic rings. The summed E-state index contributed by atoms with van der Waals surface area (Å²) in [5, 5.41) is 1.39. The molecule has 0 radical (unpaired) electrons. The molecule has 9 heteroatoms. The summed E-state index contributed by atoms with van der Waals surface area (Å²) >= 11 is 0. The topological polar surface area (TPSA) is 134 Å². The molecule has 0 atom stereocenters. The fourth-order valence-corrected chi connectivity index (χ4v) is 3.42. The van der Waals surface area contributed by atoms with Crippen molar-refractivity contribution < 1.29 is 4.54 Å². The molecular weight excluding hydrogens is 326 g/mol. The molecule has 120 valence electrons. The highest BCUT2D eigenvalue weighted by Gasteiger charge is 2.26. The van der Waals surface area contributed by atoms with Crippen molar-refractivity contribution >= 4 is 43.5 Å². The van der Waals surface area contributed by atoms with E-state index in [2.05, 4.69) is 9.97 Å². The third-order valence-corrected chi connectivity index (χ3v) is 4.48. The maximum absolute atomic E-state index is 12.5. The number of rotatable bonds is 0. The van der Waals surface area contributed by atoms with E-state index >= 15 is 0 Å². The number of hydrogen-bond donors (Lipinski definition) is 2. The van der Waals surface area contributed by atoms with Crippen LogP contribution in [0.5, 0.6) is 0 Å². The Morgan fingerprint density at radius 1 is 1.04 bits per heavy atom. The first-order valence-corrected chi connectivity index (χ1v) is 7.30. The molecule has 0 aliphatic rings. The van der Waals surface area contributed by atoms with E-state index in [0.29, 0.717) is 16.3 Å². The molecule has 0 amide bonds. The van der Waals surface area contributed by atoms with E-state index < -0.39 is 16.5 Å². The monoisotopic (exact) mass is 334 g/mol. The first kappa shape index (κ1) is 13.5. The first-order chi connectivity index (χ1) is 12.0. The Morgan fingerprint density at radius 3 is 2.60 bits per heavy atom. The van der Waals surface area contributed by atoms with Crippen molar-refractivity contribution in [2.45, 2.75) is 0 Å². The zero-order valence-electron chi connectivity index (χ0n) is 12.4. The van der Waals surface area contributed by atoms with Gasteiger partial charge in [0.25, 0.3) is 11.0 Å². The van der Waals surface area contributed by atoms with Gasteiger partial charge in [0.2, 0.25) is 5.52 Å². The molecule has 0 saturated carbocycles. The molecule has 0 aliphatic carbocycles. The lowest BCUT2D eigenvalue weighted by atomic mass is 10.0. The van der Waals surface area contributed by atoms with Crippen LogP contribution in [0.4, 0.5) is 0 Å². The number of nitrogen functional groups attached to an aromatic ring is 1. The Kier molecular flexibility index (Phi) is 2.25. The van der Waals surface area contributed by atoms with Crippen LogP contribution in [0.2, 0.25) is 0 Å². The number of fused-ring (bicyclic) bond motifs is 8. The summed E-state index contributed by atoms with van der Waals surface area (Å²) in [6, 6.07) is 7.06. The molecule has 0 fully saturated rings. The molecule has 0 bridgehead atoms.